The van der Waals surface area contributed by atoms with Crippen LogP contribution in [0.2, 0.25) is 0 Å². The number of carbonyl (C=O) groups excluding carboxylic acids is 1. The van der Waals surface area contributed by atoms with Gasteiger partial charge in [0.2, 0.25) is 0 Å². The van der Waals surface area contributed by atoms with E-state index in [-0.39, 0.29) is 18.4 Å². The van der Waals surface area contributed by atoms with Crippen molar-refractivity contribution in [2.24, 2.45) is 0 Å². The third-order valence-electron chi connectivity index (χ3n) is 2.09. The summed E-state index contributed by atoms with van der Waals surface area (Å²) in [7, 11) is 0. The number of carboxylic acid groups (broad SMARTS) is 1. The van der Waals surface area contributed by atoms with E-state index in [1.165, 1.54) is 0 Å². The van der Waals surface area contributed by atoms with Crippen molar-refractivity contribution >= 4 is 11.9 Å². The molecule has 0 saturated heterocycles. The Morgan fingerprint density at radius 2 is 2.33 bits per heavy atom. The summed E-state index contributed by atoms with van der Waals surface area (Å²) >= 11 is 0. The highest BCUT2D eigenvalue weighted by Crippen LogP contribution is 2.01. The molecule has 1 aromatic rings. The lowest BCUT2D eigenvalue weighted by molar-refractivity contribution is -0.137. The van der Waals surface area contributed by atoms with E-state index in [0.717, 1.165) is 0 Å². The molecule has 1 unspecified atom stereocenters. The molecule has 0 aliphatic carbocycles. The molecule has 1 rings (SSSR count). The van der Waals surface area contributed by atoms with Crippen molar-refractivity contribution in [1.29, 1.82) is 0 Å². The Morgan fingerprint density at radius 1 is 1.60 bits per heavy atom. The number of H-pyrrole nitrogens is 1. The third-order valence-corrected chi connectivity index (χ3v) is 2.09. The number of carbonyl (C=O) groups is 2. The van der Waals surface area contributed by atoms with Gasteiger partial charge in [-0.2, -0.15) is 0 Å². The van der Waals surface area contributed by atoms with Gasteiger partial charge in [-0.1, -0.05) is 6.92 Å². The van der Waals surface area contributed by atoms with Gasteiger partial charge in [-0.3, -0.25) is 9.59 Å². The van der Waals surface area contributed by atoms with Crippen molar-refractivity contribution in [3.63, 3.8) is 0 Å². The molecule has 15 heavy (non-hydrogen) atoms. The predicted molar refractivity (Wildman–Crippen MR) is 54.6 cm³/mol. The van der Waals surface area contributed by atoms with Crippen LogP contribution in [0.15, 0.2) is 18.3 Å². The van der Waals surface area contributed by atoms with Gasteiger partial charge in [-0.05, 0) is 18.6 Å². The van der Waals surface area contributed by atoms with Crippen molar-refractivity contribution in [2.75, 3.05) is 0 Å². The third kappa shape index (κ3) is 3.46. The van der Waals surface area contributed by atoms with Gasteiger partial charge in [0.05, 0.1) is 6.42 Å². The monoisotopic (exact) mass is 210 g/mol. The summed E-state index contributed by atoms with van der Waals surface area (Å²) < 4.78 is 0. The van der Waals surface area contributed by atoms with E-state index < -0.39 is 5.97 Å². The summed E-state index contributed by atoms with van der Waals surface area (Å²) in [6.07, 6.45) is 2.19. The van der Waals surface area contributed by atoms with Gasteiger partial charge in [-0.25, -0.2) is 0 Å². The zero-order valence-electron chi connectivity index (χ0n) is 8.49. The highest BCUT2D eigenvalue weighted by molar-refractivity contribution is 5.92. The van der Waals surface area contributed by atoms with Crippen LogP contribution < -0.4 is 5.32 Å². The van der Waals surface area contributed by atoms with E-state index in [1.807, 2.05) is 6.92 Å². The molecule has 82 valence electrons. The highest BCUT2D eigenvalue weighted by atomic mass is 16.4. The summed E-state index contributed by atoms with van der Waals surface area (Å²) in [6, 6.07) is 3.04. The Kier molecular flexibility index (Phi) is 3.91. The molecular formula is C10H14N2O3. The maximum absolute atomic E-state index is 11.5. The summed E-state index contributed by atoms with van der Waals surface area (Å²) in [5.74, 6) is -1.18. The Labute approximate surface area is 87.5 Å². The molecule has 1 aromatic heterocycles. The number of aromatic amines is 1. The van der Waals surface area contributed by atoms with Crippen molar-refractivity contribution < 1.29 is 14.7 Å². The van der Waals surface area contributed by atoms with Gasteiger partial charge >= 0.3 is 5.97 Å². The molecule has 0 aliphatic heterocycles. The van der Waals surface area contributed by atoms with Crippen LogP contribution >= 0.6 is 0 Å². The lowest BCUT2D eigenvalue weighted by Crippen LogP contribution is -2.36. The fourth-order valence-corrected chi connectivity index (χ4v) is 1.24. The van der Waals surface area contributed by atoms with E-state index in [1.54, 1.807) is 18.3 Å². The Hall–Kier alpha value is -1.78. The average Bonchev–Trinajstić information content (AvgIpc) is 2.68. The molecule has 0 aromatic carbocycles. The van der Waals surface area contributed by atoms with Crippen LogP contribution in [0.3, 0.4) is 0 Å². The molecule has 0 bridgehead atoms. The van der Waals surface area contributed by atoms with Crippen LogP contribution in [0.5, 0.6) is 0 Å². The fraction of sp³-hybridized carbons (Fsp3) is 0.400. The average molecular weight is 210 g/mol. The molecule has 0 fully saturated rings. The SMILES string of the molecule is CCC(CC(=O)O)NC(=O)c1ccc[nH]1. The standard InChI is InChI=1S/C10H14N2O3/c1-2-7(6-9(13)14)12-10(15)8-4-3-5-11-8/h3-5,7,11H,2,6H2,1H3,(H,12,15)(H,13,14). The molecule has 0 aliphatic rings. The van der Waals surface area contributed by atoms with Crippen molar-refractivity contribution in [3.05, 3.63) is 24.0 Å². The van der Waals surface area contributed by atoms with Gasteiger partial charge < -0.3 is 15.4 Å². The first-order valence-electron chi connectivity index (χ1n) is 4.79. The van der Waals surface area contributed by atoms with Gasteiger partial charge in [-0.15, -0.1) is 0 Å². The second kappa shape index (κ2) is 5.19. The molecule has 0 radical (unpaired) electrons. The van der Waals surface area contributed by atoms with Crippen molar-refractivity contribution in [3.8, 4) is 0 Å². The molecule has 1 heterocycles. The number of aliphatic carboxylic acids is 1. The van der Waals surface area contributed by atoms with Crippen LogP contribution in [0.1, 0.15) is 30.3 Å². The molecule has 0 spiro atoms. The lowest BCUT2D eigenvalue weighted by atomic mass is 10.1. The summed E-state index contributed by atoms with van der Waals surface area (Å²) in [5, 5.41) is 11.2. The Balaban J connectivity index is 2.52. The van der Waals surface area contributed by atoms with E-state index >= 15 is 0 Å². The lowest BCUT2D eigenvalue weighted by Gasteiger charge is -2.13. The van der Waals surface area contributed by atoms with E-state index in [9.17, 15) is 9.59 Å². The smallest absolute Gasteiger partial charge is 0.305 e. The fourth-order valence-electron chi connectivity index (χ4n) is 1.24. The summed E-state index contributed by atoms with van der Waals surface area (Å²) in [4.78, 5) is 24.8. The molecule has 5 heteroatoms. The second-order valence-electron chi connectivity index (χ2n) is 3.26. The van der Waals surface area contributed by atoms with E-state index in [0.29, 0.717) is 12.1 Å². The minimum absolute atomic E-state index is 0.0526. The number of hydrogen-bond acceptors (Lipinski definition) is 2. The van der Waals surface area contributed by atoms with Crippen LogP contribution in [0.25, 0.3) is 0 Å². The zero-order valence-corrected chi connectivity index (χ0v) is 8.49. The Morgan fingerprint density at radius 3 is 2.80 bits per heavy atom. The first-order chi connectivity index (χ1) is 7.13. The maximum atomic E-state index is 11.5. The van der Waals surface area contributed by atoms with Crippen LogP contribution in [0.4, 0.5) is 0 Å². The minimum Gasteiger partial charge on any atom is -0.481 e. The summed E-state index contributed by atoms with van der Waals surface area (Å²) in [5.41, 5.74) is 0.443. The highest BCUT2D eigenvalue weighted by Gasteiger charge is 2.15. The van der Waals surface area contributed by atoms with Crippen LogP contribution in [-0.2, 0) is 4.79 Å². The molecule has 3 N–H and O–H groups in total. The number of rotatable bonds is 5. The quantitative estimate of drug-likeness (QED) is 0.678. The molecular weight excluding hydrogens is 196 g/mol. The minimum atomic E-state index is -0.909. The molecule has 5 nitrogen and oxygen atoms in total. The van der Waals surface area contributed by atoms with E-state index in [2.05, 4.69) is 10.3 Å². The van der Waals surface area contributed by atoms with Gasteiger partial charge in [0, 0.05) is 12.2 Å². The zero-order chi connectivity index (χ0) is 11.3. The van der Waals surface area contributed by atoms with Crippen LogP contribution in [0, 0.1) is 0 Å². The molecule has 1 amide bonds. The summed E-state index contributed by atoms with van der Waals surface area (Å²) in [6.45, 7) is 1.84. The topological polar surface area (TPSA) is 82.2 Å². The first-order valence-corrected chi connectivity index (χ1v) is 4.79. The number of amides is 1. The second-order valence-corrected chi connectivity index (χ2v) is 3.26. The number of nitrogens with one attached hydrogen (secondary N) is 2. The number of aromatic nitrogens is 1. The van der Waals surface area contributed by atoms with Crippen molar-refractivity contribution in [1.82, 2.24) is 10.3 Å². The predicted octanol–water partition coefficient (Wildman–Crippen LogP) is 0.998. The Bertz CT molecular complexity index is 332. The van der Waals surface area contributed by atoms with Gasteiger partial charge in [0.15, 0.2) is 0 Å². The number of hydrogen-bond donors (Lipinski definition) is 3. The normalized spacial score (nSPS) is 12.1. The maximum Gasteiger partial charge on any atom is 0.305 e. The molecule has 0 saturated carbocycles. The van der Waals surface area contributed by atoms with Gasteiger partial charge in [0.1, 0.15) is 5.69 Å². The van der Waals surface area contributed by atoms with Crippen molar-refractivity contribution in [2.45, 2.75) is 25.8 Å². The largest absolute Gasteiger partial charge is 0.481 e. The van der Waals surface area contributed by atoms with Crippen LogP contribution in [-0.4, -0.2) is 28.0 Å². The molecule has 1 atom stereocenters. The first kappa shape index (κ1) is 11.3. The van der Waals surface area contributed by atoms with E-state index in [4.69, 9.17) is 5.11 Å². The number of carboxylic acids is 1. The van der Waals surface area contributed by atoms with Gasteiger partial charge in [0.25, 0.3) is 5.91 Å².